The van der Waals surface area contributed by atoms with Gasteiger partial charge in [-0.15, -0.1) is 0 Å². The molecule has 0 aromatic heterocycles. The molecule has 5 amide bonds. The third kappa shape index (κ3) is 9.45. The molecular weight excluding hydrogens is 743 g/mol. The lowest BCUT2D eigenvalue weighted by Gasteiger charge is -2.30. The van der Waals surface area contributed by atoms with E-state index in [9.17, 15) is 32.4 Å². The first-order valence-corrected chi connectivity index (χ1v) is 20.6. The molecule has 1 aliphatic carbocycles. The van der Waals surface area contributed by atoms with Gasteiger partial charge in [0.05, 0.1) is 18.6 Å². The van der Waals surface area contributed by atoms with Crippen LogP contribution in [0.5, 0.6) is 5.75 Å². The third-order valence-electron chi connectivity index (χ3n) is 10.6. The first-order chi connectivity index (χ1) is 26.6. The van der Waals surface area contributed by atoms with Crippen LogP contribution in [0.3, 0.4) is 0 Å². The third-order valence-corrected chi connectivity index (χ3v) is 11.9. The lowest BCUT2D eigenvalue weighted by molar-refractivity contribution is -0.141. The molecule has 56 heavy (non-hydrogen) atoms. The summed E-state index contributed by atoms with van der Waals surface area (Å²) in [4.78, 5) is 71.9. The summed E-state index contributed by atoms with van der Waals surface area (Å²) in [7, 11) is -2.90. The normalized spacial score (nSPS) is 25.6. The van der Waals surface area contributed by atoms with Crippen molar-refractivity contribution in [1.29, 1.82) is 0 Å². The van der Waals surface area contributed by atoms with Gasteiger partial charge < -0.3 is 34.6 Å². The van der Waals surface area contributed by atoms with Crippen LogP contribution < -0.4 is 20.1 Å². The second kappa shape index (κ2) is 16.5. The number of allylic oxidation sites excluding steroid dienone is 1. The van der Waals surface area contributed by atoms with Crippen molar-refractivity contribution in [3.05, 3.63) is 71.8 Å². The van der Waals surface area contributed by atoms with Gasteiger partial charge >= 0.3 is 12.2 Å². The SMILES string of the molecule is COc1ccc(S(=O)(=O)NC(=O)[C@@]23C[C@H]2C=CCCCCC[C@H](NC(=O)OC(C)(C)C)C(=O)N2C[C@H](OC(=O)N4CCc5ccccc5C4)C[C@H]2C(=O)N3)cc1. The molecular formula is C40H51N5O10S. The minimum absolute atomic E-state index is 0.0880. The van der Waals surface area contributed by atoms with E-state index >= 15 is 0 Å². The summed E-state index contributed by atoms with van der Waals surface area (Å²) in [5.74, 6) is -2.30. The number of carbonyl (C=O) groups is 5. The van der Waals surface area contributed by atoms with E-state index in [-0.39, 0.29) is 30.7 Å². The van der Waals surface area contributed by atoms with Gasteiger partial charge in [0, 0.05) is 25.4 Å². The minimum atomic E-state index is -4.35. The van der Waals surface area contributed by atoms with Gasteiger partial charge in [0.15, 0.2) is 0 Å². The number of sulfonamides is 1. The Hall–Kier alpha value is -5.12. The first kappa shape index (κ1) is 40.5. The molecule has 2 aromatic rings. The van der Waals surface area contributed by atoms with E-state index in [1.54, 1.807) is 25.7 Å². The number of methoxy groups -OCH3 is 1. The average Bonchev–Trinajstić information content (AvgIpc) is 3.69. The lowest BCUT2D eigenvalue weighted by atomic mass is 10.0. The summed E-state index contributed by atoms with van der Waals surface area (Å²) in [6, 6.07) is 11.1. The second-order valence-corrected chi connectivity index (χ2v) is 17.5. The zero-order chi connectivity index (χ0) is 40.3. The molecule has 6 rings (SSSR count). The van der Waals surface area contributed by atoms with Crippen LogP contribution in [0.25, 0.3) is 0 Å². The summed E-state index contributed by atoms with van der Waals surface area (Å²) >= 11 is 0. The van der Waals surface area contributed by atoms with Gasteiger partial charge in [0.1, 0.15) is 35.1 Å². The maximum absolute atomic E-state index is 14.4. The van der Waals surface area contributed by atoms with Gasteiger partial charge in [-0.1, -0.05) is 49.3 Å². The van der Waals surface area contributed by atoms with Crippen molar-refractivity contribution in [3.8, 4) is 5.75 Å². The Labute approximate surface area is 327 Å². The highest BCUT2D eigenvalue weighted by Gasteiger charge is 2.61. The van der Waals surface area contributed by atoms with E-state index in [1.165, 1.54) is 36.3 Å². The summed E-state index contributed by atoms with van der Waals surface area (Å²) in [6.45, 7) is 5.76. The summed E-state index contributed by atoms with van der Waals surface area (Å²) in [5.41, 5.74) is -0.310. The van der Waals surface area contributed by atoms with Crippen molar-refractivity contribution in [2.75, 3.05) is 20.2 Å². The molecule has 2 fully saturated rings. The van der Waals surface area contributed by atoms with E-state index in [0.29, 0.717) is 38.1 Å². The van der Waals surface area contributed by atoms with Crippen LogP contribution in [0, 0.1) is 5.92 Å². The van der Waals surface area contributed by atoms with Crippen molar-refractivity contribution in [2.24, 2.45) is 5.92 Å². The first-order valence-electron chi connectivity index (χ1n) is 19.1. The molecule has 302 valence electrons. The fourth-order valence-electron chi connectivity index (χ4n) is 7.51. The molecule has 16 heteroatoms. The monoisotopic (exact) mass is 793 g/mol. The molecule has 1 saturated heterocycles. The zero-order valence-corrected chi connectivity index (χ0v) is 33.1. The van der Waals surface area contributed by atoms with E-state index < -0.39 is 75.2 Å². The summed E-state index contributed by atoms with van der Waals surface area (Å²) < 4.78 is 45.4. The molecule has 0 bridgehead atoms. The highest BCUT2D eigenvalue weighted by molar-refractivity contribution is 7.90. The Kier molecular flexibility index (Phi) is 12.0. The van der Waals surface area contributed by atoms with Crippen molar-refractivity contribution in [3.63, 3.8) is 0 Å². The van der Waals surface area contributed by atoms with Gasteiger partial charge in [-0.05, 0) is 88.3 Å². The highest BCUT2D eigenvalue weighted by atomic mass is 32.2. The minimum Gasteiger partial charge on any atom is -0.497 e. The van der Waals surface area contributed by atoms with Crippen molar-refractivity contribution in [1.82, 2.24) is 25.2 Å². The van der Waals surface area contributed by atoms with E-state index in [2.05, 4.69) is 15.4 Å². The van der Waals surface area contributed by atoms with Crippen molar-refractivity contribution < 1.29 is 46.6 Å². The molecule has 2 aromatic carbocycles. The molecule has 0 spiro atoms. The maximum atomic E-state index is 14.4. The summed E-state index contributed by atoms with van der Waals surface area (Å²) in [6.07, 6.45) is 5.10. The topological polar surface area (TPSA) is 190 Å². The molecule has 15 nitrogen and oxygen atoms in total. The Bertz CT molecular complexity index is 1960. The van der Waals surface area contributed by atoms with Gasteiger partial charge in [-0.25, -0.2) is 22.7 Å². The summed E-state index contributed by atoms with van der Waals surface area (Å²) in [5, 5.41) is 5.51. The maximum Gasteiger partial charge on any atom is 0.410 e. The number of nitrogens with zero attached hydrogens (tertiary/aromatic N) is 2. The van der Waals surface area contributed by atoms with Crippen LogP contribution in [-0.2, 0) is 46.8 Å². The molecule has 5 atom stereocenters. The van der Waals surface area contributed by atoms with Gasteiger partial charge in [0.2, 0.25) is 11.8 Å². The Morgan fingerprint density at radius 3 is 2.43 bits per heavy atom. The smallest absolute Gasteiger partial charge is 0.410 e. The standard InChI is InChI=1S/C40H51N5O10S/c1-39(2,3)55-37(49)41-32-15-9-7-5-6-8-14-28-23-40(28,36(48)43-56(51,52)31-18-16-29(53-4)17-19-31)42-34(46)33-22-30(25-45(33)35(32)47)54-38(50)44-21-20-26-12-10-11-13-27(26)24-44/h8,10-14,16-19,28,30,32-33H,5-7,9,15,20-25H2,1-4H3,(H,41,49)(H,42,46)(H,43,48)/t28-,30-,32+,33+,40-/m1/s1. The molecule has 4 aliphatic rings. The fourth-order valence-corrected chi connectivity index (χ4v) is 8.55. The Morgan fingerprint density at radius 1 is 0.982 bits per heavy atom. The number of rotatable bonds is 6. The molecule has 0 radical (unpaired) electrons. The number of fused-ring (bicyclic) bond motifs is 3. The number of amides is 5. The van der Waals surface area contributed by atoms with Crippen molar-refractivity contribution in [2.45, 2.75) is 113 Å². The van der Waals surface area contributed by atoms with Crippen LogP contribution >= 0.6 is 0 Å². The van der Waals surface area contributed by atoms with Crippen LogP contribution in [0.4, 0.5) is 9.59 Å². The number of carbonyl (C=O) groups excluding carboxylic acids is 5. The molecule has 3 aliphatic heterocycles. The van der Waals surface area contributed by atoms with Gasteiger partial charge in [0.25, 0.3) is 15.9 Å². The second-order valence-electron chi connectivity index (χ2n) is 15.8. The van der Waals surface area contributed by atoms with Crippen LogP contribution in [0.1, 0.15) is 76.8 Å². The number of nitrogens with one attached hydrogen (secondary N) is 3. The van der Waals surface area contributed by atoms with Crippen LogP contribution in [0.2, 0.25) is 0 Å². The number of benzene rings is 2. The highest BCUT2D eigenvalue weighted by Crippen LogP contribution is 2.46. The van der Waals surface area contributed by atoms with Gasteiger partial charge in [-0.3, -0.25) is 14.4 Å². The Morgan fingerprint density at radius 2 is 1.71 bits per heavy atom. The number of alkyl carbamates (subject to hydrolysis) is 1. The quantitative estimate of drug-likeness (QED) is 0.361. The largest absolute Gasteiger partial charge is 0.497 e. The molecule has 0 unspecified atom stereocenters. The Balaban J connectivity index is 1.26. The molecule has 3 heterocycles. The average molecular weight is 794 g/mol. The van der Waals surface area contributed by atoms with Crippen LogP contribution in [0.15, 0.2) is 65.6 Å². The predicted molar refractivity (Wildman–Crippen MR) is 204 cm³/mol. The van der Waals surface area contributed by atoms with E-state index in [1.807, 2.05) is 36.4 Å². The predicted octanol–water partition coefficient (Wildman–Crippen LogP) is 3.95. The van der Waals surface area contributed by atoms with Gasteiger partial charge in [-0.2, -0.15) is 0 Å². The van der Waals surface area contributed by atoms with E-state index in [4.69, 9.17) is 14.2 Å². The number of hydrogen-bond acceptors (Lipinski definition) is 10. The van der Waals surface area contributed by atoms with Crippen LogP contribution in [-0.4, -0.2) is 97.7 Å². The number of ether oxygens (including phenoxy) is 3. The fraction of sp³-hybridized carbons (Fsp3) is 0.525. The van der Waals surface area contributed by atoms with Crippen molar-refractivity contribution >= 4 is 39.9 Å². The number of hydrogen-bond donors (Lipinski definition) is 3. The zero-order valence-electron chi connectivity index (χ0n) is 32.2. The lowest BCUT2D eigenvalue weighted by Crippen LogP contribution is -2.58. The molecule has 3 N–H and O–H groups in total. The molecule has 1 saturated carbocycles. The van der Waals surface area contributed by atoms with E-state index in [0.717, 1.165) is 24.0 Å².